The highest BCUT2D eigenvalue weighted by molar-refractivity contribution is 5.02. The topological polar surface area (TPSA) is 32.5 Å². The lowest BCUT2D eigenvalue weighted by atomic mass is 9.83. The Morgan fingerprint density at radius 1 is 1.44 bits per heavy atom. The normalized spacial score (nSPS) is 36.9. The van der Waals surface area contributed by atoms with Crippen molar-refractivity contribution in [3.63, 3.8) is 0 Å². The molecule has 0 aromatic carbocycles. The van der Waals surface area contributed by atoms with Crippen LogP contribution in [-0.4, -0.2) is 55.1 Å². The highest BCUT2D eigenvalue weighted by atomic mass is 15.3. The van der Waals surface area contributed by atoms with Crippen molar-refractivity contribution in [3.05, 3.63) is 0 Å². The summed E-state index contributed by atoms with van der Waals surface area (Å²) < 4.78 is 0. The number of hydrogen-bond donors (Lipinski definition) is 1. The third-order valence-corrected chi connectivity index (χ3v) is 4.92. The Labute approximate surface area is 100.0 Å². The van der Waals surface area contributed by atoms with Gasteiger partial charge in [0, 0.05) is 31.2 Å². The molecule has 94 valence electrons. The van der Waals surface area contributed by atoms with E-state index in [9.17, 15) is 0 Å². The molecule has 0 amide bonds. The molecule has 2 rings (SSSR count). The van der Waals surface area contributed by atoms with E-state index in [0.29, 0.717) is 6.04 Å². The number of rotatable bonds is 4. The molecule has 0 bridgehead atoms. The summed E-state index contributed by atoms with van der Waals surface area (Å²) in [6.07, 6.45) is 5.51. The summed E-state index contributed by atoms with van der Waals surface area (Å²) in [5, 5.41) is 0. The molecule has 1 saturated heterocycles. The minimum atomic E-state index is 0.240. The van der Waals surface area contributed by atoms with Crippen molar-refractivity contribution >= 4 is 0 Å². The SMILES string of the molecule is CC1CC(CN)(N(C)CC2CCC2)CN1C. The van der Waals surface area contributed by atoms with Gasteiger partial charge in [-0.15, -0.1) is 0 Å². The zero-order valence-electron chi connectivity index (χ0n) is 11.1. The fourth-order valence-electron chi connectivity index (χ4n) is 3.23. The lowest BCUT2D eigenvalue weighted by Gasteiger charge is -2.41. The van der Waals surface area contributed by atoms with E-state index in [-0.39, 0.29) is 5.54 Å². The molecule has 0 spiro atoms. The largest absolute Gasteiger partial charge is 0.329 e. The fraction of sp³-hybridized carbons (Fsp3) is 1.00. The summed E-state index contributed by atoms with van der Waals surface area (Å²) in [4.78, 5) is 5.00. The van der Waals surface area contributed by atoms with Crippen molar-refractivity contribution in [2.75, 3.05) is 33.7 Å². The van der Waals surface area contributed by atoms with Gasteiger partial charge in [-0.3, -0.25) is 4.90 Å². The smallest absolute Gasteiger partial charge is 0.0470 e. The monoisotopic (exact) mass is 225 g/mol. The average molecular weight is 225 g/mol. The second kappa shape index (κ2) is 4.63. The van der Waals surface area contributed by atoms with Gasteiger partial charge in [-0.25, -0.2) is 0 Å². The van der Waals surface area contributed by atoms with Crippen LogP contribution in [-0.2, 0) is 0 Å². The Morgan fingerprint density at radius 2 is 2.12 bits per heavy atom. The zero-order chi connectivity index (χ0) is 11.8. The van der Waals surface area contributed by atoms with Gasteiger partial charge in [0.1, 0.15) is 0 Å². The summed E-state index contributed by atoms with van der Waals surface area (Å²) in [6, 6.07) is 0.674. The first-order valence-electron chi connectivity index (χ1n) is 6.69. The average Bonchev–Trinajstić information content (AvgIpc) is 2.50. The summed E-state index contributed by atoms with van der Waals surface area (Å²) in [5.74, 6) is 0.939. The molecule has 2 N–H and O–H groups in total. The van der Waals surface area contributed by atoms with E-state index in [1.54, 1.807) is 0 Å². The Morgan fingerprint density at radius 3 is 2.50 bits per heavy atom. The number of likely N-dealkylation sites (N-methyl/N-ethyl adjacent to an activating group) is 2. The van der Waals surface area contributed by atoms with Gasteiger partial charge in [0.2, 0.25) is 0 Å². The molecular formula is C13H27N3. The first-order chi connectivity index (χ1) is 7.57. The van der Waals surface area contributed by atoms with Gasteiger partial charge in [0.15, 0.2) is 0 Å². The third-order valence-electron chi connectivity index (χ3n) is 4.92. The van der Waals surface area contributed by atoms with E-state index in [0.717, 1.165) is 19.0 Å². The van der Waals surface area contributed by atoms with Crippen molar-refractivity contribution < 1.29 is 0 Å². The van der Waals surface area contributed by atoms with E-state index in [1.165, 1.54) is 32.2 Å². The van der Waals surface area contributed by atoms with Gasteiger partial charge < -0.3 is 10.6 Å². The van der Waals surface area contributed by atoms with E-state index < -0.39 is 0 Å². The number of hydrogen-bond acceptors (Lipinski definition) is 3. The lowest BCUT2D eigenvalue weighted by Crippen LogP contribution is -2.55. The molecule has 3 nitrogen and oxygen atoms in total. The predicted molar refractivity (Wildman–Crippen MR) is 68.5 cm³/mol. The number of nitrogens with two attached hydrogens (primary N) is 1. The van der Waals surface area contributed by atoms with E-state index in [4.69, 9.17) is 5.73 Å². The van der Waals surface area contributed by atoms with Crippen molar-refractivity contribution in [1.29, 1.82) is 0 Å². The van der Waals surface area contributed by atoms with Crippen LogP contribution in [0.15, 0.2) is 0 Å². The van der Waals surface area contributed by atoms with Crippen molar-refractivity contribution in [2.24, 2.45) is 11.7 Å². The molecule has 1 aliphatic carbocycles. The summed E-state index contributed by atoms with van der Waals surface area (Å²) in [6.45, 7) is 5.49. The molecule has 16 heavy (non-hydrogen) atoms. The minimum Gasteiger partial charge on any atom is -0.329 e. The van der Waals surface area contributed by atoms with E-state index in [1.807, 2.05) is 0 Å². The standard InChI is InChI=1S/C13H27N3/c1-11-7-13(9-14,10-15(11)2)16(3)8-12-5-4-6-12/h11-12H,4-10,14H2,1-3H3. The van der Waals surface area contributed by atoms with Crippen LogP contribution in [0.5, 0.6) is 0 Å². The Balaban J connectivity index is 1.97. The van der Waals surface area contributed by atoms with Crippen molar-refractivity contribution in [1.82, 2.24) is 9.80 Å². The molecule has 1 saturated carbocycles. The van der Waals surface area contributed by atoms with E-state index >= 15 is 0 Å². The Hall–Kier alpha value is -0.120. The minimum absolute atomic E-state index is 0.240. The quantitative estimate of drug-likeness (QED) is 0.779. The predicted octanol–water partition coefficient (Wildman–Crippen LogP) is 1.14. The van der Waals surface area contributed by atoms with Crippen LogP contribution in [0.1, 0.15) is 32.6 Å². The van der Waals surface area contributed by atoms with Gasteiger partial charge in [-0.05, 0) is 46.2 Å². The van der Waals surface area contributed by atoms with Crippen LogP contribution in [0.25, 0.3) is 0 Å². The maximum absolute atomic E-state index is 6.06. The second-order valence-electron chi connectivity index (χ2n) is 6.07. The highest BCUT2D eigenvalue weighted by Gasteiger charge is 2.43. The summed E-state index contributed by atoms with van der Waals surface area (Å²) >= 11 is 0. The van der Waals surface area contributed by atoms with Gasteiger partial charge in [-0.2, -0.15) is 0 Å². The maximum atomic E-state index is 6.06. The molecule has 3 heteroatoms. The molecular weight excluding hydrogens is 198 g/mol. The van der Waals surface area contributed by atoms with Gasteiger partial charge in [0.25, 0.3) is 0 Å². The lowest BCUT2D eigenvalue weighted by molar-refractivity contribution is 0.0914. The molecule has 2 atom stereocenters. The molecule has 1 aliphatic heterocycles. The van der Waals surface area contributed by atoms with Crippen LogP contribution in [0.3, 0.4) is 0 Å². The van der Waals surface area contributed by atoms with Crippen LogP contribution in [0.4, 0.5) is 0 Å². The molecule has 1 heterocycles. The molecule has 2 aliphatic rings. The van der Waals surface area contributed by atoms with Crippen LogP contribution in [0.2, 0.25) is 0 Å². The molecule has 0 aromatic heterocycles. The zero-order valence-corrected chi connectivity index (χ0v) is 11.1. The highest BCUT2D eigenvalue weighted by Crippen LogP contribution is 2.33. The summed E-state index contributed by atoms with van der Waals surface area (Å²) in [5.41, 5.74) is 6.30. The van der Waals surface area contributed by atoms with Gasteiger partial charge in [-0.1, -0.05) is 6.42 Å². The first-order valence-corrected chi connectivity index (χ1v) is 6.69. The molecule has 2 unspecified atom stereocenters. The first kappa shape index (κ1) is 12.3. The molecule has 0 aromatic rings. The Kier molecular flexibility index (Phi) is 3.57. The fourth-order valence-corrected chi connectivity index (χ4v) is 3.23. The van der Waals surface area contributed by atoms with Crippen molar-refractivity contribution in [3.8, 4) is 0 Å². The van der Waals surface area contributed by atoms with Crippen LogP contribution in [0, 0.1) is 5.92 Å². The van der Waals surface area contributed by atoms with E-state index in [2.05, 4.69) is 30.8 Å². The second-order valence-corrected chi connectivity index (χ2v) is 6.07. The van der Waals surface area contributed by atoms with Crippen LogP contribution < -0.4 is 5.73 Å². The van der Waals surface area contributed by atoms with Gasteiger partial charge >= 0.3 is 0 Å². The maximum Gasteiger partial charge on any atom is 0.0470 e. The number of nitrogens with zero attached hydrogens (tertiary/aromatic N) is 2. The third kappa shape index (κ3) is 2.13. The molecule has 0 radical (unpaired) electrons. The summed E-state index contributed by atoms with van der Waals surface area (Å²) in [7, 11) is 4.50. The number of likely N-dealkylation sites (tertiary alicyclic amines) is 1. The van der Waals surface area contributed by atoms with Gasteiger partial charge in [0.05, 0.1) is 0 Å². The molecule has 2 fully saturated rings. The van der Waals surface area contributed by atoms with Crippen LogP contribution >= 0.6 is 0 Å². The van der Waals surface area contributed by atoms with Crippen molar-refractivity contribution in [2.45, 2.75) is 44.2 Å². The Bertz CT molecular complexity index is 227.